The standard InChI is InChI=1S/C11H20O2/c1-10(2,3)9-7-11(8-9)12-5-4-6-13-11/h9H,4-8H2,1-3H3. The molecule has 1 aliphatic heterocycles. The molecule has 2 nitrogen and oxygen atoms in total. The van der Waals surface area contributed by atoms with E-state index in [2.05, 4.69) is 20.8 Å². The summed E-state index contributed by atoms with van der Waals surface area (Å²) >= 11 is 0. The highest BCUT2D eigenvalue weighted by Gasteiger charge is 2.51. The van der Waals surface area contributed by atoms with Crippen LogP contribution in [0.15, 0.2) is 0 Å². The van der Waals surface area contributed by atoms with Gasteiger partial charge >= 0.3 is 0 Å². The zero-order valence-corrected chi connectivity index (χ0v) is 8.93. The maximum Gasteiger partial charge on any atom is 0.168 e. The highest BCUT2D eigenvalue weighted by molar-refractivity contribution is 4.95. The Morgan fingerprint density at radius 1 is 1.08 bits per heavy atom. The normalized spacial score (nSPS) is 28.8. The van der Waals surface area contributed by atoms with Crippen LogP contribution in [0, 0.1) is 11.3 Å². The van der Waals surface area contributed by atoms with Crippen molar-refractivity contribution in [3.63, 3.8) is 0 Å². The Morgan fingerprint density at radius 3 is 2.08 bits per heavy atom. The maximum atomic E-state index is 5.70. The van der Waals surface area contributed by atoms with Crippen molar-refractivity contribution in [3.8, 4) is 0 Å². The fourth-order valence-corrected chi connectivity index (χ4v) is 2.16. The third-order valence-corrected chi connectivity index (χ3v) is 3.36. The van der Waals surface area contributed by atoms with E-state index >= 15 is 0 Å². The second kappa shape index (κ2) is 2.96. The van der Waals surface area contributed by atoms with Gasteiger partial charge in [-0.15, -0.1) is 0 Å². The molecule has 76 valence electrons. The van der Waals surface area contributed by atoms with E-state index in [0.29, 0.717) is 5.41 Å². The van der Waals surface area contributed by atoms with Crippen molar-refractivity contribution in [1.82, 2.24) is 0 Å². The molecule has 0 aromatic heterocycles. The van der Waals surface area contributed by atoms with Crippen molar-refractivity contribution in [1.29, 1.82) is 0 Å². The average molecular weight is 184 g/mol. The fourth-order valence-electron chi connectivity index (χ4n) is 2.16. The molecule has 0 aromatic rings. The molecule has 0 unspecified atom stereocenters. The molecule has 1 aliphatic carbocycles. The van der Waals surface area contributed by atoms with Crippen LogP contribution in [-0.2, 0) is 9.47 Å². The average Bonchev–Trinajstić information content (AvgIpc) is 2.00. The highest BCUT2D eigenvalue weighted by Crippen LogP contribution is 2.51. The van der Waals surface area contributed by atoms with Gasteiger partial charge in [0.05, 0.1) is 13.2 Å². The molecule has 2 aliphatic rings. The predicted octanol–water partition coefficient (Wildman–Crippen LogP) is 2.58. The summed E-state index contributed by atoms with van der Waals surface area (Å²) in [7, 11) is 0. The summed E-state index contributed by atoms with van der Waals surface area (Å²) in [6, 6.07) is 0. The summed E-state index contributed by atoms with van der Waals surface area (Å²) in [5.74, 6) is 0.599. The lowest BCUT2D eigenvalue weighted by Gasteiger charge is -2.53. The third kappa shape index (κ3) is 1.75. The van der Waals surface area contributed by atoms with Crippen LogP contribution in [0.5, 0.6) is 0 Å². The Balaban J connectivity index is 1.88. The van der Waals surface area contributed by atoms with Gasteiger partial charge in [0.2, 0.25) is 0 Å². The van der Waals surface area contributed by atoms with Crippen LogP contribution in [0.2, 0.25) is 0 Å². The minimum Gasteiger partial charge on any atom is -0.350 e. The summed E-state index contributed by atoms with van der Waals surface area (Å²) in [4.78, 5) is 0. The summed E-state index contributed by atoms with van der Waals surface area (Å²) < 4.78 is 11.4. The van der Waals surface area contributed by atoms with Crippen LogP contribution in [-0.4, -0.2) is 19.0 Å². The van der Waals surface area contributed by atoms with Gasteiger partial charge in [0.1, 0.15) is 0 Å². The van der Waals surface area contributed by atoms with Crippen LogP contribution >= 0.6 is 0 Å². The van der Waals surface area contributed by atoms with Crippen LogP contribution in [0.4, 0.5) is 0 Å². The first-order valence-corrected chi connectivity index (χ1v) is 5.30. The van der Waals surface area contributed by atoms with E-state index in [-0.39, 0.29) is 5.79 Å². The van der Waals surface area contributed by atoms with Crippen LogP contribution in [0.1, 0.15) is 40.0 Å². The van der Waals surface area contributed by atoms with Gasteiger partial charge in [-0.2, -0.15) is 0 Å². The van der Waals surface area contributed by atoms with Gasteiger partial charge in [-0.3, -0.25) is 0 Å². The minimum atomic E-state index is -0.170. The van der Waals surface area contributed by atoms with Gasteiger partial charge in [-0.25, -0.2) is 0 Å². The Labute approximate surface area is 80.6 Å². The first-order chi connectivity index (χ1) is 6.02. The molecule has 1 heterocycles. The van der Waals surface area contributed by atoms with Gasteiger partial charge in [0.15, 0.2) is 5.79 Å². The lowest BCUT2D eigenvalue weighted by molar-refractivity contribution is -0.327. The maximum absolute atomic E-state index is 5.70. The highest BCUT2D eigenvalue weighted by atomic mass is 16.7. The summed E-state index contributed by atoms with van der Waals surface area (Å²) in [6.07, 6.45) is 3.24. The molecule has 13 heavy (non-hydrogen) atoms. The van der Waals surface area contributed by atoms with Crippen LogP contribution < -0.4 is 0 Å². The first kappa shape index (κ1) is 9.47. The summed E-state index contributed by atoms with van der Waals surface area (Å²) in [5.41, 5.74) is 0.412. The molecule has 0 atom stereocenters. The molecule has 1 spiro atoms. The third-order valence-electron chi connectivity index (χ3n) is 3.36. The Bertz CT molecular complexity index is 179. The summed E-state index contributed by atoms with van der Waals surface area (Å²) in [6.45, 7) is 8.67. The van der Waals surface area contributed by atoms with E-state index < -0.39 is 0 Å². The van der Waals surface area contributed by atoms with Gasteiger partial charge in [-0.05, 0) is 17.8 Å². The van der Waals surface area contributed by atoms with Crippen molar-refractivity contribution >= 4 is 0 Å². The number of rotatable bonds is 0. The molecule has 1 saturated carbocycles. The fraction of sp³-hybridized carbons (Fsp3) is 1.00. The SMILES string of the molecule is CC(C)(C)C1CC2(C1)OCCCO2. The Kier molecular flexibility index (Phi) is 2.16. The van der Waals surface area contributed by atoms with E-state index in [1.807, 2.05) is 0 Å². The zero-order chi connectivity index (χ0) is 9.53. The number of hydrogen-bond acceptors (Lipinski definition) is 2. The lowest BCUT2D eigenvalue weighted by atomic mass is 9.65. The van der Waals surface area contributed by atoms with Crippen molar-refractivity contribution in [2.75, 3.05) is 13.2 Å². The van der Waals surface area contributed by atoms with E-state index in [1.54, 1.807) is 0 Å². The first-order valence-electron chi connectivity index (χ1n) is 5.30. The van der Waals surface area contributed by atoms with E-state index in [9.17, 15) is 0 Å². The van der Waals surface area contributed by atoms with E-state index in [0.717, 1.165) is 38.4 Å². The molecule has 0 bridgehead atoms. The van der Waals surface area contributed by atoms with Crippen molar-refractivity contribution < 1.29 is 9.47 Å². The molecular formula is C11H20O2. The quantitative estimate of drug-likeness (QED) is 0.576. The van der Waals surface area contributed by atoms with E-state index in [1.165, 1.54) is 0 Å². The molecule has 0 amide bonds. The minimum absolute atomic E-state index is 0.170. The number of hydrogen-bond donors (Lipinski definition) is 0. The topological polar surface area (TPSA) is 18.5 Å². The van der Waals surface area contributed by atoms with Gasteiger partial charge < -0.3 is 9.47 Å². The Morgan fingerprint density at radius 2 is 1.62 bits per heavy atom. The largest absolute Gasteiger partial charge is 0.350 e. The monoisotopic (exact) mass is 184 g/mol. The molecule has 0 aromatic carbocycles. The molecule has 2 rings (SSSR count). The molecular weight excluding hydrogens is 164 g/mol. The van der Waals surface area contributed by atoms with Crippen molar-refractivity contribution in [2.45, 2.75) is 45.8 Å². The van der Waals surface area contributed by atoms with Gasteiger partial charge in [0, 0.05) is 12.8 Å². The summed E-state index contributed by atoms with van der Waals surface area (Å²) in [5, 5.41) is 0. The predicted molar refractivity (Wildman–Crippen MR) is 51.4 cm³/mol. The molecule has 0 radical (unpaired) electrons. The lowest BCUT2D eigenvalue weighted by Crippen LogP contribution is -2.54. The van der Waals surface area contributed by atoms with Gasteiger partial charge in [-0.1, -0.05) is 20.8 Å². The van der Waals surface area contributed by atoms with Crippen LogP contribution in [0.25, 0.3) is 0 Å². The van der Waals surface area contributed by atoms with Crippen molar-refractivity contribution in [3.05, 3.63) is 0 Å². The second-order valence-electron chi connectivity index (χ2n) is 5.43. The smallest absolute Gasteiger partial charge is 0.168 e. The Hall–Kier alpha value is -0.0800. The van der Waals surface area contributed by atoms with Crippen LogP contribution in [0.3, 0.4) is 0 Å². The second-order valence-corrected chi connectivity index (χ2v) is 5.43. The van der Waals surface area contributed by atoms with Gasteiger partial charge in [0.25, 0.3) is 0 Å². The van der Waals surface area contributed by atoms with E-state index in [4.69, 9.17) is 9.47 Å². The molecule has 0 N–H and O–H groups in total. The zero-order valence-electron chi connectivity index (χ0n) is 8.93. The van der Waals surface area contributed by atoms with Crippen molar-refractivity contribution in [2.24, 2.45) is 11.3 Å². The molecule has 2 fully saturated rings. The number of ether oxygens (including phenoxy) is 2. The molecule has 1 saturated heterocycles. The molecule has 2 heteroatoms.